The van der Waals surface area contributed by atoms with Gasteiger partial charge in [0.2, 0.25) is 5.76 Å². The number of hydrogen-bond acceptors (Lipinski definition) is 7. The minimum atomic E-state index is -4.73. The third-order valence-electron chi connectivity index (χ3n) is 6.10. The van der Waals surface area contributed by atoms with Crippen molar-refractivity contribution in [1.82, 2.24) is 9.88 Å². The summed E-state index contributed by atoms with van der Waals surface area (Å²) >= 11 is 0.661. The molecule has 0 amide bonds. The van der Waals surface area contributed by atoms with E-state index in [4.69, 9.17) is 4.74 Å². The Labute approximate surface area is 202 Å². The third kappa shape index (κ3) is 4.60. The molecule has 0 aliphatic heterocycles. The lowest BCUT2D eigenvalue weighted by Gasteiger charge is -2.24. The molecule has 35 heavy (non-hydrogen) atoms. The molecular weight excluding hydrogens is 509 g/mol. The number of carboxylic acids is 1. The first-order valence-electron chi connectivity index (χ1n) is 10.4. The van der Waals surface area contributed by atoms with Crippen LogP contribution in [0.1, 0.15) is 30.6 Å². The molecule has 0 saturated heterocycles. The average Bonchev–Trinajstić information content (AvgIpc) is 3.19. The SMILES string of the molecule is COCCCC1(c2ccccc2)CC1(NS(=O)(=O)c1ccc(-c2cc(C(F)(F)F)on2)s1)C(=O)O. The van der Waals surface area contributed by atoms with Crippen LogP contribution in [0.25, 0.3) is 10.6 Å². The van der Waals surface area contributed by atoms with E-state index in [0.29, 0.717) is 42.4 Å². The number of ether oxygens (including phenoxy) is 1. The van der Waals surface area contributed by atoms with Crippen LogP contribution in [0.15, 0.2) is 57.3 Å². The van der Waals surface area contributed by atoms with Gasteiger partial charge in [0, 0.05) is 25.2 Å². The molecule has 2 aromatic heterocycles. The second-order valence-electron chi connectivity index (χ2n) is 8.23. The van der Waals surface area contributed by atoms with Crippen molar-refractivity contribution in [1.29, 1.82) is 0 Å². The molecule has 1 aliphatic carbocycles. The van der Waals surface area contributed by atoms with Crippen LogP contribution in [0.5, 0.6) is 0 Å². The van der Waals surface area contributed by atoms with E-state index >= 15 is 0 Å². The number of nitrogens with one attached hydrogen (secondary N) is 1. The van der Waals surface area contributed by atoms with Crippen LogP contribution < -0.4 is 4.72 Å². The number of sulfonamides is 1. The van der Waals surface area contributed by atoms with Gasteiger partial charge in [-0.1, -0.05) is 35.5 Å². The van der Waals surface area contributed by atoms with Gasteiger partial charge in [-0.05, 0) is 37.0 Å². The Bertz CT molecular complexity index is 1320. The highest BCUT2D eigenvalue weighted by Crippen LogP contribution is 2.61. The van der Waals surface area contributed by atoms with Gasteiger partial charge in [-0.25, -0.2) is 8.42 Å². The van der Waals surface area contributed by atoms with Crippen molar-refractivity contribution in [3.05, 3.63) is 59.9 Å². The Balaban J connectivity index is 1.64. The minimum Gasteiger partial charge on any atom is -0.480 e. The number of methoxy groups -OCH3 is 1. The Hall–Kier alpha value is -2.74. The second-order valence-corrected chi connectivity index (χ2v) is 11.2. The Morgan fingerprint density at radius 1 is 1.26 bits per heavy atom. The fraction of sp³-hybridized carbons (Fsp3) is 0.364. The molecule has 2 N–H and O–H groups in total. The fourth-order valence-corrected chi connectivity index (χ4v) is 7.03. The smallest absolute Gasteiger partial charge is 0.452 e. The number of aliphatic carboxylic acids is 1. The summed E-state index contributed by atoms with van der Waals surface area (Å²) in [6.45, 7) is 0.378. The normalized spacial score (nSPS) is 22.3. The molecule has 1 saturated carbocycles. The summed E-state index contributed by atoms with van der Waals surface area (Å²) in [6.07, 6.45) is -3.81. The quantitative estimate of drug-likeness (QED) is 0.375. The Morgan fingerprint density at radius 2 is 1.97 bits per heavy atom. The maximum absolute atomic E-state index is 13.2. The summed E-state index contributed by atoms with van der Waals surface area (Å²) in [5.41, 5.74) is -2.27. The number of alkyl halides is 3. The van der Waals surface area contributed by atoms with Gasteiger partial charge < -0.3 is 14.4 Å². The largest absolute Gasteiger partial charge is 0.480 e. The summed E-state index contributed by atoms with van der Waals surface area (Å²) in [5.74, 6) is -2.62. The maximum atomic E-state index is 13.2. The van der Waals surface area contributed by atoms with E-state index in [9.17, 15) is 31.5 Å². The molecule has 13 heteroatoms. The lowest BCUT2D eigenvalue weighted by molar-refractivity contribution is -0.155. The van der Waals surface area contributed by atoms with Crippen molar-refractivity contribution in [3.8, 4) is 10.6 Å². The molecule has 1 fully saturated rings. The first kappa shape index (κ1) is 25.4. The minimum absolute atomic E-state index is 0.0404. The van der Waals surface area contributed by atoms with E-state index in [1.165, 1.54) is 19.2 Å². The van der Waals surface area contributed by atoms with E-state index in [0.717, 1.165) is 0 Å². The molecule has 1 aromatic carbocycles. The third-order valence-corrected chi connectivity index (χ3v) is 9.19. The Kier molecular flexibility index (Phi) is 6.55. The second kappa shape index (κ2) is 9.04. The molecule has 2 heterocycles. The van der Waals surface area contributed by atoms with Gasteiger partial charge in [0.05, 0.1) is 4.88 Å². The van der Waals surface area contributed by atoms with E-state index in [-0.39, 0.29) is 21.2 Å². The van der Waals surface area contributed by atoms with Gasteiger partial charge in [-0.2, -0.15) is 17.9 Å². The summed E-state index contributed by atoms with van der Waals surface area (Å²) in [5, 5.41) is 13.5. The van der Waals surface area contributed by atoms with Crippen LogP contribution in [0.3, 0.4) is 0 Å². The van der Waals surface area contributed by atoms with E-state index in [2.05, 4.69) is 14.4 Å². The van der Waals surface area contributed by atoms with Crippen LogP contribution in [0.2, 0.25) is 0 Å². The predicted octanol–water partition coefficient (Wildman–Crippen LogP) is 4.29. The lowest BCUT2D eigenvalue weighted by atomic mass is 9.86. The molecule has 0 bridgehead atoms. The molecule has 3 aromatic rings. The number of nitrogens with zero attached hydrogens (tertiary/aromatic N) is 1. The van der Waals surface area contributed by atoms with Crippen molar-refractivity contribution in [2.45, 2.75) is 40.6 Å². The zero-order valence-corrected chi connectivity index (χ0v) is 20.0. The van der Waals surface area contributed by atoms with Gasteiger partial charge in [0.15, 0.2) is 0 Å². The highest BCUT2D eigenvalue weighted by atomic mass is 32.2. The van der Waals surface area contributed by atoms with Gasteiger partial charge in [0.25, 0.3) is 10.0 Å². The molecule has 1 aliphatic rings. The standard InChI is InChI=1S/C22H21F3N2O6S2/c1-32-11-5-10-20(14-6-3-2-4-7-14)13-21(20,19(28)29)27-35(30,31)18-9-8-16(34-18)15-12-17(33-26-15)22(23,24)25/h2-4,6-9,12,27H,5,10-11,13H2,1H3,(H,28,29). The zero-order chi connectivity index (χ0) is 25.5. The summed E-state index contributed by atoms with van der Waals surface area (Å²) < 4.78 is 76.4. The molecular formula is C22H21F3N2O6S2. The molecule has 8 nitrogen and oxygen atoms in total. The first-order chi connectivity index (χ1) is 16.5. The fourth-order valence-electron chi connectivity index (χ4n) is 4.34. The number of thiophene rings is 1. The van der Waals surface area contributed by atoms with Gasteiger partial charge in [-0.3, -0.25) is 4.79 Å². The van der Waals surface area contributed by atoms with Crippen LogP contribution >= 0.6 is 11.3 Å². The van der Waals surface area contributed by atoms with Crippen LogP contribution in [-0.2, 0) is 31.1 Å². The lowest BCUT2D eigenvalue weighted by Crippen LogP contribution is -2.48. The number of aromatic nitrogens is 1. The highest BCUT2D eigenvalue weighted by molar-refractivity contribution is 7.91. The molecule has 0 radical (unpaired) electrons. The molecule has 4 rings (SSSR count). The summed E-state index contributed by atoms with van der Waals surface area (Å²) in [7, 11) is -2.82. The van der Waals surface area contributed by atoms with Crippen LogP contribution in [0.4, 0.5) is 13.2 Å². The van der Waals surface area contributed by atoms with Gasteiger partial charge in [0.1, 0.15) is 15.4 Å². The average molecular weight is 531 g/mol. The van der Waals surface area contributed by atoms with Crippen molar-refractivity contribution < 1.29 is 40.8 Å². The molecule has 188 valence electrons. The van der Waals surface area contributed by atoms with E-state index < -0.39 is 38.9 Å². The summed E-state index contributed by atoms with van der Waals surface area (Å²) in [4.78, 5) is 12.6. The highest BCUT2D eigenvalue weighted by Gasteiger charge is 2.74. The topological polar surface area (TPSA) is 119 Å². The van der Waals surface area contributed by atoms with E-state index in [1.807, 2.05) is 0 Å². The number of carboxylic acid groups (broad SMARTS) is 1. The molecule has 0 spiro atoms. The van der Waals surface area contributed by atoms with Crippen molar-refractivity contribution >= 4 is 27.3 Å². The summed E-state index contributed by atoms with van der Waals surface area (Å²) in [6, 6.07) is 12.0. The number of halogens is 3. The molecule has 2 atom stereocenters. The zero-order valence-electron chi connectivity index (χ0n) is 18.3. The van der Waals surface area contributed by atoms with Crippen molar-refractivity contribution in [2.75, 3.05) is 13.7 Å². The Morgan fingerprint density at radius 3 is 2.57 bits per heavy atom. The van der Waals surface area contributed by atoms with Crippen molar-refractivity contribution in [2.24, 2.45) is 0 Å². The number of carbonyl (C=O) groups is 1. The number of rotatable bonds is 10. The van der Waals surface area contributed by atoms with Crippen LogP contribution in [0, 0.1) is 0 Å². The van der Waals surface area contributed by atoms with E-state index in [1.54, 1.807) is 30.3 Å². The number of benzene rings is 1. The molecule has 2 unspecified atom stereocenters. The predicted molar refractivity (Wildman–Crippen MR) is 119 cm³/mol. The van der Waals surface area contributed by atoms with Gasteiger partial charge in [-0.15, -0.1) is 11.3 Å². The number of hydrogen-bond donors (Lipinski definition) is 2. The monoisotopic (exact) mass is 530 g/mol. The van der Waals surface area contributed by atoms with Crippen LogP contribution in [-0.4, -0.2) is 43.9 Å². The first-order valence-corrected chi connectivity index (χ1v) is 12.7. The van der Waals surface area contributed by atoms with Crippen molar-refractivity contribution in [3.63, 3.8) is 0 Å². The maximum Gasteiger partial charge on any atom is 0.452 e. The van der Waals surface area contributed by atoms with Gasteiger partial charge >= 0.3 is 12.1 Å².